The number of carbonyl (C=O) groups excluding carboxylic acids is 1. The first kappa shape index (κ1) is 16.3. The van der Waals surface area contributed by atoms with Crippen molar-refractivity contribution < 1.29 is 14.3 Å². The van der Waals surface area contributed by atoms with E-state index in [2.05, 4.69) is 0 Å². The average Bonchev–Trinajstić information content (AvgIpc) is 2.23. The summed E-state index contributed by atoms with van der Waals surface area (Å²) in [6.07, 6.45) is 3.14. The van der Waals surface area contributed by atoms with Gasteiger partial charge in [-0.15, -0.1) is 0 Å². The molecule has 0 amide bonds. The van der Waals surface area contributed by atoms with Crippen LogP contribution in [0.4, 0.5) is 0 Å². The molecule has 0 radical (unpaired) electrons. The van der Waals surface area contributed by atoms with Crippen LogP contribution in [0.25, 0.3) is 6.08 Å². The van der Waals surface area contributed by atoms with Gasteiger partial charge in [0.15, 0.2) is 0 Å². The Morgan fingerprint density at radius 2 is 1.60 bits per heavy atom. The summed E-state index contributed by atoms with van der Waals surface area (Å²) >= 11 is 0. The number of carbonyl (C=O) groups is 1. The molecule has 20 heavy (non-hydrogen) atoms. The molecule has 1 rings (SSSR count). The molecular formula is C17H24O3. The number of benzene rings is 1. The van der Waals surface area contributed by atoms with Crippen LogP contribution in [0, 0.1) is 0 Å². The number of esters is 1. The Morgan fingerprint density at radius 1 is 1.00 bits per heavy atom. The molecule has 0 N–H and O–H groups in total. The number of para-hydroxylation sites is 1. The SMILES string of the molecule is CC(C)(C)OC(=O)C=Cc1ccccc1OC(C)(C)C. The molecule has 0 saturated heterocycles. The highest BCUT2D eigenvalue weighted by Crippen LogP contribution is 2.24. The summed E-state index contributed by atoms with van der Waals surface area (Å²) in [6.45, 7) is 11.5. The van der Waals surface area contributed by atoms with E-state index < -0.39 is 5.60 Å². The first-order valence-corrected chi connectivity index (χ1v) is 6.76. The molecule has 1 aromatic carbocycles. The molecule has 3 nitrogen and oxygen atoms in total. The Bertz CT molecular complexity index is 488. The van der Waals surface area contributed by atoms with Crippen molar-refractivity contribution in [1.82, 2.24) is 0 Å². The number of hydrogen-bond donors (Lipinski definition) is 0. The third kappa shape index (κ3) is 6.41. The van der Waals surface area contributed by atoms with E-state index in [1.54, 1.807) is 6.08 Å². The number of ether oxygens (including phenoxy) is 2. The lowest BCUT2D eigenvalue weighted by atomic mass is 10.1. The van der Waals surface area contributed by atoms with E-state index in [-0.39, 0.29) is 11.6 Å². The summed E-state index contributed by atoms with van der Waals surface area (Å²) in [5.41, 5.74) is 0.0897. The lowest BCUT2D eigenvalue weighted by Crippen LogP contribution is -2.23. The Balaban J connectivity index is 2.85. The molecule has 3 heteroatoms. The van der Waals surface area contributed by atoms with Crippen molar-refractivity contribution in [2.45, 2.75) is 52.7 Å². The van der Waals surface area contributed by atoms with Crippen LogP contribution in [0.3, 0.4) is 0 Å². The third-order valence-electron chi connectivity index (χ3n) is 2.14. The van der Waals surface area contributed by atoms with Gasteiger partial charge in [0.25, 0.3) is 0 Å². The standard InChI is InChI=1S/C17H24O3/c1-16(2,3)19-14-10-8-7-9-13(14)11-12-15(18)20-17(4,5)6/h7-12H,1-6H3. The summed E-state index contributed by atoms with van der Waals surface area (Å²) < 4.78 is 11.1. The van der Waals surface area contributed by atoms with Crippen molar-refractivity contribution in [3.05, 3.63) is 35.9 Å². The van der Waals surface area contributed by atoms with Gasteiger partial charge in [0.1, 0.15) is 17.0 Å². The Hall–Kier alpha value is -1.77. The van der Waals surface area contributed by atoms with Gasteiger partial charge in [-0.3, -0.25) is 0 Å². The zero-order chi connectivity index (χ0) is 15.4. The highest BCUT2D eigenvalue weighted by Gasteiger charge is 2.15. The van der Waals surface area contributed by atoms with Crippen molar-refractivity contribution in [3.8, 4) is 5.75 Å². The predicted octanol–water partition coefficient (Wildman–Crippen LogP) is 4.22. The largest absolute Gasteiger partial charge is 0.488 e. The second-order valence-corrected chi connectivity index (χ2v) is 6.62. The van der Waals surface area contributed by atoms with E-state index in [1.165, 1.54) is 6.08 Å². The van der Waals surface area contributed by atoms with Crippen molar-refractivity contribution in [2.24, 2.45) is 0 Å². The van der Waals surface area contributed by atoms with E-state index in [4.69, 9.17) is 9.47 Å². The average molecular weight is 276 g/mol. The third-order valence-corrected chi connectivity index (χ3v) is 2.14. The van der Waals surface area contributed by atoms with Crippen LogP contribution >= 0.6 is 0 Å². The first-order valence-electron chi connectivity index (χ1n) is 6.76. The second kappa shape index (κ2) is 6.12. The highest BCUT2D eigenvalue weighted by atomic mass is 16.6. The van der Waals surface area contributed by atoms with Crippen LogP contribution in [0.2, 0.25) is 0 Å². The van der Waals surface area contributed by atoms with Crippen LogP contribution in [-0.2, 0) is 9.53 Å². The van der Waals surface area contributed by atoms with Gasteiger partial charge in [-0.25, -0.2) is 4.79 Å². The maximum Gasteiger partial charge on any atom is 0.331 e. The summed E-state index contributed by atoms with van der Waals surface area (Å²) in [5.74, 6) is 0.392. The molecule has 0 aliphatic heterocycles. The topological polar surface area (TPSA) is 35.5 Å². The molecule has 0 aliphatic rings. The van der Waals surface area contributed by atoms with E-state index in [9.17, 15) is 4.79 Å². The van der Waals surface area contributed by atoms with Crippen molar-refractivity contribution in [1.29, 1.82) is 0 Å². The summed E-state index contributed by atoms with van der Waals surface area (Å²) in [6, 6.07) is 7.61. The van der Waals surface area contributed by atoms with Gasteiger partial charge in [0, 0.05) is 11.6 Å². The number of rotatable bonds is 3. The molecule has 0 heterocycles. The van der Waals surface area contributed by atoms with Gasteiger partial charge in [-0.2, -0.15) is 0 Å². The normalized spacial score (nSPS) is 12.5. The molecule has 110 valence electrons. The Labute approximate surface area is 121 Å². The quantitative estimate of drug-likeness (QED) is 0.612. The van der Waals surface area contributed by atoms with Gasteiger partial charge in [-0.1, -0.05) is 18.2 Å². The van der Waals surface area contributed by atoms with Gasteiger partial charge in [0.05, 0.1) is 0 Å². The lowest BCUT2D eigenvalue weighted by molar-refractivity contribution is -0.148. The van der Waals surface area contributed by atoms with Gasteiger partial charge >= 0.3 is 5.97 Å². The van der Waals surface area contributed by atoms with Crippen LogP contribution < -0.4 is 4.74 Å². The van der Waals surface area contributed by atoms with Crippen LogP contribution in [-0.4, -0.2) is 17.2 Å². The fraction of sp³-hybridized carbons (Fsp3) is 0.471. The predicted molar refractivity (Wildman–Crippen MR) is 81.7 cm³/mol. The Kier molecular flexibility index (Phi) is 4.98. The zero-order valence-electron chi connectivity index (χ0n) is 13.2. The van der Waals surface area contributed by atoms with E-state index in [0.717, 1.165) is 11.3 Å². The minimum atomic E-state index is -0.483. The molecule has 0 aromatic heterocycles. The highest BCUT2D eigenvalue weighted by molar-refractivity contribution is 5.87. The summed E-state index contributed by atoms with van der Waals surface area (Å²) in [7, 11) is 0. The maximum atomic E-state index is 11.7. The molecular weight excluding hydrogens is 252 g/mol. The minimum absolute atomic E-state index is 0.282. The minimum Gasteiger partial charge on any atom is -0.488 e. The molecule has 0 atom stereocenters. The second-order valence-electron chi connectivity index (χ2n) is 6.62. The molecule has 1 aromatic rings. The van der Waals surface area contributed by atoms with Crippen molar-refractivity contribution in [3.63, 3.8) is 0 Å². The van der Waals surface area contributed by atoms with Crippen molar-refractivity contribution in [2.75, 3.05) is 0 Å². The monoisotopic (exact) mass is 276 g/mol. The number of hydrogen-bond acceptors (Lipinski definition) is 3. The molecule has 0 unspecified atom stereocenters. The summed E-state index contributed by atoms with van der Waals surface area (Å²) in [4.78, 5) is 11.7. The molecule has 0 aliphatic carbocycles. The summed E-state index contributed by atoms with van der Waals surface area (Å²) in [5, 5.41) is 0. The smallest absolute Gasteiger partial charge is 0.331 e. The molecule has 0 saturated carbocycles. The maximum absolute atomic E-state index is 11.7. The van der Waals surface area contributed by atoms with Gasteiger partial charge in [-0.05, 0) is 53.7 Å². The Morgan fingerprint density at radius 3 is 2.15 bits per heavy atom. The van der Waals surface area contributed by atoms with E-state index >= 15 is 0 Å². The van der Waals surface area contributed by atoms with Crippen LogP contribution in [0.15, 0.2) is 30.3 Å². The van der Waals surface area contributed by atoms with Crippen molar-refractivity contribution >= 4 is 12.0 Å². The fourth-order valence-electron chi connectivity index (χ4n) is 1.53. The molecule has 0 fully saturated rings. The first-order chi connectivity index (χ1) is 9.07. The van der Waals surface area contributed by atoms with Crippen LogP contribution in [0.1, 0.15) is 47.1 Å². The molecule has 0 spiro atoms. The lowest BCUT2D eigenvalue weighted by Gasteiger charge is -2.22. The van der Waals surface area contributed by atoms with Crippen LogP contribution in [0.5, 0.6) is 5.75 Å². The van der Waals surface area contributed by atoms with E-state index in [0.29, 0.717) is 0 Å². The zero-order valence-corrected chi connectivity index (χ0v) is 13.2. The van der Waals surface area contributed by atoms with E-state index in [1.807, 2.05) is 65.8 Å². The molecule has 0 bridgehead atoms. The van der Waals surface area contributed by atoms with Gasteiger partial charge < -0.3 is 9.47 Å². The fourth-order valence-corrected chi connectivity index (χ4v) is 1.53. The van der Waals surface area contributed by atoms with Gasteiger partial charge in [0.2, 0.25) is 0 Å².